The largest absolute Gasteiger partial charge is 0.497 e. The van der Waals surface area contributed by atoms with Gasteiger partial charge in [0.2, 0.25) is 0 Å². The lowest BCUT2D eigenvalue weighted by Gasteiger charge is -2.10. The monoisotopic (exact) mass is 365 g/mol. The molecule has 0 saturated carbocycles. The predicted octanol–water partition coefficient (Wildman–Crippen LogP) is 5.12. The van der Waals surface area contributed by atoms with Crippen molar-refractivity contribution in [1.82, 2.24) is 4.98 Å². The highest BCUT2D eigenvalue weighted by Crippen LogP contribution is 2.33. The Kier molecular flexibility index (Phi) is 4.22. The van der Waals surface area contributed by atoms with Crippen molar-refractivity contribution < 1.29 is 9.13 Å². The summed E-state index contributed by atoms with van der Waals surface area (Å²) < 4.78 is 20.2. The zero-order valence-corrected chi connectivity index (χ0v) is 13.7. The minimum atomic E-state index is -0.266. The zero-order valence-electron chi connectivity index (χ0n) is 11.3. The molecule has 1 atom stereocenters. The normalized spacial score (nSPS) is 12.5. The molecule has 0 amide bonds. The molecule has 2 aromatic carbocycles. The summed E-state index contributed by atoms with van der Waals surface area (Å²) in [6, 6.07) is 12.9. The number of aromatic nitrogens is 1. The second-order valence-corrected chi connectivity index (χ2v) is 6.85. The first-order chi connectivity index (χ1) is 10.2. The van der Waals surface area contributed by atoms with Crippen molar-refractivity contribution in [3.63, 3.8) is 0 Å². The van der Waals surface area contributed by atoms with Gasteiger partial charge >= 0.3 is 0 Å². The van der Waals surface area contributed by atoms with E-state index in [-0.39, 0.29) is 10.6 Å². The molecule has 0 bridgehead atoms. The van der Waals surface area contributed by atoms with Gasteiger partial charge in [0, 0.05) is 22.9 Å². The number of alkyl halides is 1. The molecular weight excluding hydrogens is 353 g/mol. The smallest absolute Gasteiger partial charge is 0.131 e. The molecule has 5 heteroatoms. The summed E-state index contributed by atoms with van der Waals surface area (Å²) in [6.45, 7) is 0. The van der Waals surface area contributed by atoms with E-state index in [1.165, 1.54) is 13.2 Å². The van der Waals surface area contributed by atoms with E-state index in [0.717, 1.165) is 15.2 Å². The molecule has 0 saturated heterocycles. The summed E-state index contributed by atoms with van der Waals surface area (Å²) >= 11 is 5.21. The second-order valence-electron chi connectivity index (χ2n) is 4.63. The molecule has 0 N–H and O–H groups in total. The third-order valence-electron chi connectivity index (χ3n) is 3.24. The number of hydrogen-bond acceptors (Lipinski definition) is 3. The van der Waals surface area contributed by atoms with Gasteiger partial charge in [-0.05, 0) is 18.2 Å². The number of benzene rings is 2. The fourth-order valence-electron chi connectivity index (χ4n) is 2.16. The number of rotatable bonds is 4. The van der Waals surface area contributed by atoms with E-state index in [4.69, 9.17) is 4.74 Å². The first-order valence-corrected chi connectivity index (χ1v) is 8.22. The highest BCUT2D eigenvalue weighted by atomic mass is 79.9. The molecule has 3 rings (SSSR count). The Bertz CT molecular complexity index is 741. The van der Waals surface area contributed by atoms with E-state index in [2.05, 4.69) is 20.9 Å². The maximum Gasteiger partial charge on any atom is 0.131 e. The van der Waals surface area contributed by atoms with E-state index < -0.39 is 0 Å². The van der Waals surface area contributed by atoms with Crippen LogP contribution in [0.2, 0.25) is 0 Å². The maximum atomic E-state index is 14.1. The lowest BCUT2D eigenvalue weighted by Crippen LogP contribution is -1.99. The van der Waals surface area contributed by atoms with Gasteiger partial charge in [0.15, 0.2) is 0 Å². The van der Waals surface area contributed by atoms with Gasteiger partial charge in [-0.15, -0.1) is 11.3 Å². The van der Waals surface area contributed by atoms with Gasteiger partial charge in [0.05, 0.1) is 22.3 Å². The van der Waals surface area contributed by atoms with Crippen LogP contribution in [-0.2, 0) is 6.42 Å². The Morgan fingerprint density at radius 3 is 2.81 bits per heavy atom. The Morgan fingerprint density at radius 2 is 2.10 bits per heavy atom. The van der Waals surface area contributed by atoms with Gasteiger partial charge in [-0.3, -0.25) is 0 Å². The molecule has 0 spiro atoms. The molecule has 0 radical (unpaired) electrons. The van der Waals surface area contributed by atoms with E-state index in [1.807, 2.05) is 24.3 Å². The minimum absolute atomic E-state index is 0.107. The average Bonchev–Trinajstić information content (AvgIpc) is 2.88. The number of para-hydroxylation sites is 1. The number of ether oxygens (including phenoxy) is 1. The van der Waals surface area contributed by atoms with Crippen molar-refractivity contribution in [2.75, 3.05) is 7.11 Å². The Balaban J connectivity index is 1.83. The van der Waals surface area contributed by atoms with Gasteiger partial charge in [-0.1, -0.05) is 34.1 Å². The van der Waals surface area contributed by atoms with Gasteiger partial charge in [0.25, 0.3) is 0 Å². The van der Waals surface area contributed by atoms with Crippen LogP contribution in [0.4, 0.5) is 4.39 Å². The highest BCUT2D eigenvalue weighted by molar-refractivity contribution is 9.09. The fraction of sp³-hybridized carbons (Fsp3) is 0.188. The molecule has 0 aliphatic rings. The number of hydrogen-bond donors (Lipinski definition) is 0. The molecule has 2 nitrogen and oxygen atoms in total. The summed E-state index contributed by atoms with van der Waals surface area (Å²) in [4.78, 5) is 4.48. The topological polar surface area (TPSA) is 22.1 Å². The molecule has 0 aliphatic heterocycles. The quantitative estimate of drug-likeness (QED) is 0.598. The number of nitrogens with zero attached hydrogens (tertiary/aromatic N) is 1. The Morgan fingerprint density at radius 1 is 1.29 bits per heavy atom. The van der Waals surface area contributed by atoms with Crippen LogP contribution in [0.25, 0.3) is 10.2 Å². The minimum Gasteiger partial charge on any atom is -0.497 e. The maximum absolute atomic E-state index is 14.1. The van der Waals surface area contributed by atoms with E-state index in [1.54, 1.807) is 23.5 Å². The van der Waals surface area contributed by atoms with Crippen molar-refractivity contribution >= 4 is 37.5 Å². The molecular formula is C16H13BrFNOS. The molecule has 108 valence electrons. The molecule has 1 aromatic heterocycles. The number of thiazole rings is 1. The number of fused-ring (bicyclic) bond motifs is 1. The van der Waals surface area contributed by atoms with Crippen LogP contribution in [-0.4, -0.2) is 12.1 Å². The first kappa shape index (κ1) is 14.5. The van der Waals surface area contributed by atoms with Gasteiger partial charge in [0.1, 0.15) is 11.6 Å². The average molecular weight is 366 g/mol. The van der Waals surface area contributed by atoms with Gasteiger partial charge < -0.3 is 4.74 Å². The van der Waals surface area contributed by atoms with Crippen molar-refractivity contribution in [1.29, 1.82) is 0 Å². The Labute approximate surface area is 134 Å². The van der Waals surface area contributed by atoms with Crippen molar-refractivity contribution in [2.45, 2.75) is 11.2 Å². The molecule has 3 aromatic rings. The molecule has 1 heterocycles. The number of methoxy groups -OCH3 is 1. The molecule has 0 aliphatic carbocycles. The zero-order chi connectivity index (χ0) is 14.8. The molecule has 1 unspecified atom stereocenters. The van der Waals surface area contributed by atoms with Crippen molar-refractivity contribution in [3.05, 3.63) is 58.9 Å². The first-order valence-electron chi connectivity index (χ1n) is 6.49. The van der Waals surface area contributed by atoms with Gasteiger partial charge in [-0.2, -0.15) is 0 Å². The van der Waals surface area contributed by atoms with Crippen LogP contribution in [0.15, 0.2) is 42.5 Å². The summed E-state index contributed by atoms with van der Waals surface area (Å²) in [5.41, 5.74) is 1.61. The third-order valence-corrected chi connectivity index (χ3v) is 5.11. The second kappa shape index (κ2) is 6.12. The van der Waals surface area contributed by atoms with Crippen LogP contribution in [0, 0.1) is 5.82 Å². The van der Waals surface area contributed by atoms with Crippen LogP contribution in [0.3, 0.4) is 0 Å². The van der Waals surface area contributed by atoms with Crippen LogP contribution in [0.5, 0.6) is 5.75 Å². The number of halogens is 2. The van der Waals surface area contributed by atoms with Crippen LogP contribution < -0.4 is 4.74 Å². The van der Waals surface area contributed by atoms with Gasteiger partial charge in [-0.25, -0.2) is 9.37 Å². The molecule has 0 fully saturated rings. The lowest BCUT2D eigenvalue weighted by atomic mass is 10.1. The summed E-state index contributed by atoms with van der Waals surface area (Å²) in [5.74, 6) is 0.258. The lowest BCUT2D eigenvalue weighted by molar-refractivity contribution is 0.410. The van der Waals surface area contributed by atoms with E-state index in [9.17, 15) is 4.39 Å². The molecule has 21 heavy (non-hydrogen) atoms. The summed E-state index contributed by atoms with van der Waals surface area (Å²) in [7, 11) is 1.53. The van der Waals surface area contributed by atoms with Crippen LogP contribution in [0.1, 0.15) is 15.4 Å². The van der Waals surface area contributed by atoms with Crippen molar-refractivity contribution in [3.8, 4) is 5.75 Å². The summed E-state index contributed by atoms with van der Waals surface area (Å²) in [6.07, 6.45) is 0.655. The summed E-state index contributed by atoms with van der Waals surface area (Å²) in [5, 5.41) is 0.994. The van der Waals surface area contributed by atoms with Crippen LogP contribution >= 0.6 is 27.3 Å². The highest BCUT2D eigenvalue weighted by Gasteiger charge is 2.16. The fourth-order valence-corrected chi connectivity index (χ4v) is 4.06. The Hall–Kier alpha value is -1.46. The van der Waals surface area contributed by atoms with Crippen molar-refractivity contribution in [2.24, 2.45) is 0 Å². The third kappa shape index (κ3) is 3.09. The standard InChI is InChI=1S/C16H13BrFNOS/c1-20-10-6-7-11(13(18)8-10)12(17)9-16-19-14-4-2-3-5-15(14)21-16/h2-8,12H,9H2,1H3. The van der Waals surface area contributed by atoms with E-state index in [0.29, 0.717) is 17.7 Å². The SMILES string of the molecule is COc1ccc(C(Br)Cc2nc3ccccc3s2)c(F)c1. The predicted molar refractivity (Wildman–Crippen MR) is 87.9 cm³/mol. The van der Waals surface area contributed by atoms with E-state index >= 15 is 0 Å².